The van der Waals surface area contributed by atoms with Crippen LogP contribution in [0.1, 0.15) is 12.5 Å². The third kappa shape index (κ3) is 3.98. The van der Waals surface area contributed by atoms with Crippen LogP contribution in [0, 0.1) is 5.82 Å². The molecule has 0 spiro atoms. The lowest BCUT2D eigenvalue weighted by molar-refractivity contribution is -0.122. The minimum absolute atomic E-state index is 0.0386. The van der Waals surface area contributed by atoms with Crippen molar-refractivity contribution in [2.24, 2.45) is 0 Å². The summed E-state index contributed by atoms with van der Waals surface area (Å²) in [6.45, 7) is 2.42. The van der Waals surface area contributed by atoms with Crippen LogP contribution in [0.5, 0.6) is 0 Å². The Morgan fingerprint density at radius 1 is 1.53 bits per heavy atom. The summed E-state index contributed by atoms with van der Waals surface area (Å²) in [6, 6.07) is 4.26. The first-order chi connectivity index (χ1) is 7.13. The third-order valence-electron chi connectivity index (χ3n) is 1.85. The fraction of sp³-hybridized carbons (Fsp3) is 0.364. The number of halogens is 2. The molecule has 0 fully saturated rings. The first-order valence-corrected chi connectivity index (χ1v) is 5.04. The van der Waals surface area contributed by atoms with Crippen molar-refractivity contribution in [3.05, 3.63) is 34.6 Å². The highest BCUT2D eigenvalue weighted by molar-refractivity contribution is 6.30. The second-order valence-corrected chi connectivity index (χ2v) is 3.51. The third-order valence-corrected chi connectivity index (χ3v) is 2.14. The van der Waals surface area contributed by atoms with E-state index in [0.29, 0.717) is 12.2 Å². The van der Waals surface area contributed by atoms with Gasteiger partial charge in [0, 0.05) is 13.0 Å². The van der Waals surface area contributed by atoms with Crippen molar-refractivity contribution < 1.29 is 13.9 Å². The largest absolute Gasteiger partial charge is 0.374 e. The van der Waals surface area contributed by atoms with Crippen molar-refractivity contribution in [3.63, 3.8) is 0 Å². The molecule has 0 atom stereocenters. The monoisotopic (exact) mass is 230 g/mol. The molecular weight excluding hydrogens is 219 g/mol. The Labute approximate surface area is 93.0 Å². The number of carbonyl (C=O) groups is 1. The first kappa shape index (κ1) is 12.1. The Morgan fingerprint density at radius 2 is 2.27 bits per heavy atom. The number of benzene rings is 1. The molecule has 0 unspecified atom stereocenters. The summed E-state index contributed by atoms with van der Waals surface area (Å²) in [4.78, 5) is 11.3. The van der Waals surface area contributed by atoms with Crippen LogP contribution in [-0.2, 0) is 16.0 Å². The lowest BCUT2D eigenvalue weighted by Crippen LogP contribution is -2.11. The molecule has 0 aliphatic heterocycles. The Kier molecular flexibility index (Phi) is 4.72. The molecule has 0 bridgehead atoms. The van der Waals surface area contributed by atoms with E-state index in [1.165, 1.54) is 12.1 Å². The van der Waals surface area contributed by atoms with Crippen LogP contribution in [0.4, 0.5) is 4.39 Å². The average Bonchev–Trinajstić information content (AvgIpc) is 2.20. The highest BCUT2D eigenvalue weighted by atomic mass is 35.5. The molecule has 1 aromatic carbocycles. The number of ether oxygens (including phenoxy) is 1. The quantitative estimate of drug-likeness (QED) is 0.777. The van der Waals surface area contributed by atoms with Crippen LogP contribution < -0.4 is 0 Å². The average molecular weight is 231 g/mol. The van der Waals surface area contributed by atoms with Gasteiger partial charge in [0.25, 0.3) is 0 Å². The Bertz CT molecular complexity index is 352. The predicted octanol–water partition coefficient (Wildman–Crippen LogP) is 2.63. The van der Waals surface area contributed by atoms with Gasteiger partial charge in [0.15, 0.2) is 5.78 Å². The Morgan fingerprint density at radius 3 is 2.87 bits per heavy atom. The van der Waals surface area contributed by atoms with Gasteiger partial charge in [-0.15, -0.1) is 0 Å². The summed E-state index contributed by atoms with van der Waals surface area (Å²) < 4.78 is 17.8. The normalized spacial score (nSPS) is 10.3. The van der Waals surface area contributed by atoms with Crippen molar-refractivity contribution in [1.82, 2.24) is 0 Å². The van der Waals surface area contributed by atoms with Crippen LogP contribution in [0.25, 0.3) is 0 Å². The number of rotatable bonds is 5. The van der Waals surface area contributed by atoms with Crippen molar-refractivity contribution in [3.8, 4) is 0 Å². The molecule has 0 saturated heterocycles. The van der Waals surface area contributed by atoms with E-state index in [2.05, 4.69) is 0 Å². The van der Waals surface area contributed by atoms with E-state index in [4.69, 9.17) is 16.3 Å². The minimum Gasteiger partial charge on any atom is -0.374 e. The maximum atomic E-state index is 12.8. The topological polar surface area (TPSA) is 26.3 Å². The van der Waals surface area contributed by atoms with E-state index in [0.717, 1.165) is 0 Å². The van der Waals surface area contributed by atoms with Gasteiger partial charge in [-0.05, 0) is 24.6 Å². The zero-order valence-electron chi connectivity index (χ0n) is 8.43. The van der Waals surface area contributed by atoms with E-state index in [-0.39, 0.29) is 23.8 Å². The van der Waals surface area contributed by atoms with Gasteiger partial charge in [-0.1, -0.05) is 17.7 Å². The molecule has 1 rings (SSSR count). The summed E-state index contributed by atoms with van der Waals surface area (Å²) in [7, 11) is 0. The van der Waals surface area contributed by atoms with Gasteiger partial charge in [0.2, 0.25) is 0 Å². The molecule has 4 heteroatoms. The molecule has 0 aliphatic carbocycles. The fourth-order valence-corrected chi connectivity index (χ4v) is 1.35. The van der Waals surface area contributed by atoms with Gasteiger partial charge in [0.05, 0.1) is 5.02 Å². The summed E-state index contributed by atoms with van der Waals surface area (Å²) in [5, 5.41) is 0.0386. The van der Waals surface area contributed by atoms with Crippen LogP contribution in [0.3, 0.4) is 0 Å². The molecule has 2 nitrogen and oxygen atoms in total. The molecule has 0 amide bonds. The molecule has 82 valence electrons. The van der Waals surface area contributed by atoms with E-state index < -0.39 is 5.82 Å². The van der Waals surface area contributed by atoms with Crippen molar-refractivity contribution in [1.29, 1.82) is 0 Å². The van der Waals surface area contributed by atoms with Gasteiger partial charge >= 0.3 is 0 Å². The van der Waals surface area contributed by atoms with Crippen LogP contribution in [-0.4, -0.2) is 19.0 Å². The van der Waals surface area contributed by atoms with Gasteiger partial charge < -0.3 is 4.74 Å². The Balaban J connectivity index is 2.57. The first-order valence-electron chi connectivity index (χ1n) is 4.67. The lowest BCUT2D eigenvalue weighted by Gasteiger charge is -2.02. The molecule has 1 aromatic rings. The number of hydrogen-bond donors (Lipinski definition) is 0. The highest BCUT2D eigenvalue weighted by Crippen LogP contribution is 2.16. The molecule has 0 aromatic heterocycles. The number of ketones is 1. The zero-order valence-corrected chi connectivity index (χ0v) is 9.18. The SMILES string of the molecule is CCOCC(=O)Cc1ccc(F)c(Cl)c1. The van der Waals surface area contributed by atoms with Crippen molar-refractivity contribution >= 4 is 17.4 Å². The van der Waals surface area contributed by atoms with Crippen LogP contribution in [0.15, 0.2) is 18.2 Å². The van der Waals surface area contributed by atoms with E-state index in [9.17, 15) is 9.18 Å². The fourth-order valence-electron chi connectivity index (χ4n) is 1.14. The van der Waals surface area contributed by atoms with Crippen molar-refractivity contribution in [2.75, 3.05) is 13.2 Å². The van der Waals surface area contributed by atoms with E-state index in [1.807, 2.05) is 6.92 Å². The summed E-state index contributed by atoms with van der Waals surface area (Å²) >= 11 is 5.58. The van der Waals surface area contributed by atoms with E-state index >= 15 is 0 Å². The van der Waals surface area contributed by atoms with Gasteiger partial charge in [-0.25, -0.2) is 4.39 Å². The predicted molar refractivity (Wildman–Crippen MR) is 56.6 cm³/mol. The zero-order chi connectivity index (χ0) is 11.3. The summed E-state index contributed by atoms with van der Waals surface area (Å²) in [5.74, 6) is -0.516. The molecule has 0 heterocycles. The summed E-state index contributed by atoms with van der Waals surface area (Å²) in [5.41, 5.74) is 0.700. The lowest BCUT2D eigenvalue weighted by atomic mass is 10.1. The maximum absolute atomic E-state index is 12.8. The van der Waals surface area contributed by atoms with Crippen LogP contribution in [0.2, 0.25) is 5.02 Å². The summed E-state index contributed by atoms with van der Waals surface area (Å²) in [6.07, 6.45) is 0.222. The van der Waals surface area contributed by atoms with Gasteiger partial charge in [0.1, 0.15) is 12.4 Å². The second-order valence-electron chi connectivity index (χ2n) is 3.10. The maximum Gasteiger partial charge on any atom is 0.162 e. The standard InChI is InChI=1S/C11H12ClFO2/c1-2-15-7-9(14)5-8-3-4-11(13)10(12)6-8/h3-4,6H,2,5,7H2,1H3. The Hall–Kier alpha value is -0.930. The number of hydrogen-bond acceptors (Lipinski definition) is 2. The molecule has 0 radical (unpaired) electrons. The molecule has 15 heavy (non-hydrogen) atoms. The highest BCUT2D eigenvalue weighted by Gasteiger charge is 2.06. The molecule has 0 saturated carbocycles. The van der Waals surface area contributed by atoms with Gasteiger partial charge in [-0.3, -0.25) is 4.79 Å². The van der Waals surface area contributed by atoms with Gasteiger partial charge in [-0.2, -0.15) is 0 Å². The second kappa shape index (κ2) is 5.83. The number of carbonyl (C=O) groups excluding carboxylic acids is 1. The molecular formula is C11H12ClFO2. The van der Waals surface area contributed by atoms with E-state index in [1.54, 1.807) is 6.07 Å². The molecule has 0 N–H and O–H groups in total. The smallest absolute Gasteiger partial charge is 0.162 e. The van der Waals surface area contributed by atoms with Crippen molar-refractivity contribution in [2.45, 2.75) is 13.3 Å². The number of Topliss-reactive ketones (excluding diaryl/α,β-unsaturated/α-hetero) is 1. The molecule has 0 aliphatic rings. The minimum atomic E-state index is -0.474. The van der Waals surface area contributed by atoms with Crippen LogP contribution >= 0.6 is 11.6 Å².